The lowest BCUT2D eigenvalue weighted by Crippen LogP contribution is -2.05. The Kier molecular flexibility index (Phi) is 5.85. The van der Waals surface area contributed by atoms with E-state index in [0.29, 0.717) is 36.2 Å². The molecule has 3 aromatic carbocycles. The summed E-state index contributed by atoms with van der Waals surface area (Å²) in [6.07, 6.45) is 0. The van der Waals surface area contributed by atoms with Crippen molar-refractivity contribution < 1.29 is 9.47 Å². The van der Waals surface area contributed by atoms with Crippen molar-refractivity contribution in [2.45, 2.75) is 27.1 Å². The third-order valence-electron chi connectivity index (χ3n) is 5.82. The minimum Gasteiger partial charge on any atom is -0.438 e. The first-order valence-electron chi connectivity index (χ1n) is 11.1. The topological polar surface area (TPSA) is 104 Å². The number of nitriles is 2. The van der Waals surface area contributed by atoms with E-state index in [-0.39, 0.29) is 0 Å². The Balaban J connectivity index is 1.46. The number of benzene rings is 3. The van der Waals surface area contributed by atoms with Gasteiger partial charge >= 0.3 is 0 Å². The van der Waals surface area contributed by atoms with Gasteiger partial charge in [-0.1, -0.05) is 12.1 Å². The van der Waals surface area contributed by atoms with Crippen LogP contribution in [0.25, 0.3) is 11.1 Å². The third-order valence-corrected chi connectivity index (χ3v) is 5.82. The second-order valence-corrected chi connectivity index (χ2v) is 8.31. The maximum absolute atomic E-state index is 9.05. The van der Waals surface area contributed by atoms with Gasteiger partial charge in [0.05, 0.1) is 47.7 Å². The zero-order chi connectivity index (χ0) is 24.4. The maximum Gasteiger partial charge on any atom is 0.230 e. The van der Waals surface area contributed by atoms with Crippen molar-refractivity contribution in [2.24, 2.45) is 0 Å². The number of ether oxygens (including phenoxy) is 2. The van der Waals surface area contributed by atoms with Gasteiger partial charge in [-0.3, -0.25) is 0 Å². The number of fused-ring (bicyclic) bond motifs is 1. The van der Waals surface area contributed by atoms with Gasteiger partial charge in [-0.05, 0) is 84.6 Å². The van der Waals surface area contributed by atoms with Crippen LogP contribution in [-0.2, 0) is 18.0 Å². The number of nitrogens with zero attached hydrogens (tertiary/aromatic N) is 4. The Morgan fingerprint density at radius 2 is 1.46 bits per heavy atom. The fraction of sp³-hybridized carbons (Fsp3) is 0.143. The van der Waals surface area contributed by atoms with E-state index in [2.05, 4.69) is 39.6 Å². The van der Waals surface area contributed by atoms with Crippen LogP contribution in [0, 0.1) is 36.5 Å². The number of nitrogens with one attached hydrogen (secondary N) is 1. The molecule has 35 heavy (non-hydrogen) atoms. The highest BCUT2D eigenvalue weighted by molar-refractivity contribution is 5.68. The molecule has 2 heterocycles. The first-order chi connectivity index (χ1) is 17.0. The Hall–Kier alpha value is -4.72. The molecule has 0 amide bonds. The molecule has 0 saturated carbocycles. The molecule has 0 bridgehead atoms. The van der Waals surface area contributed by atoms with Gasteiger partial charge in [0, 0.05) is 5.69 Å². The maximum atomic E-state index is 9.05. The van der Waals surface area contributed by atoms with Crippen molar-refractivity contribution in [3.05, 3.63) is 94.2 Å². The summed E-state index contributed by atoms with van der Waals surface area (Å²) in [6, 6.07) is 23.0. The molecule has 0 aliphatic carbocycles. The number of hydrogen-bond donors (Lipinski definition) is 1. The van der Waals surface area contributed by atoms with E-state index in [1.54, 1.807) is 12.1 Å². The van der Waals surface area contributed by atoms with Crippen LogP contribution in [0.2, 0.25) is 0 Å². The van der Waals surface area contributed by atoms with Crippen LogP contribution < -0.4 is 10.1 Å². The van der Waals surface area contributed by atoms with Crippen LogP contribution in [0.3, 0.4) is 0 Å². The zero-order valence-corrected chi connectivity index (χ0v) is 19.3. The Bertz CT molecular complexity index is 1470. The van der Waals surface area contributed by atoms with E-state index in [1.807, 2.05) is 50.2 Å². The lowest BCUT2D eigenvalue weighted by atomic mass is 9.99. The van der Waals surface area contributed by atoms with Crippen LogP contribution in [0.1, 0.15) is 33.5 Å². The van der Waals surface area contributed by atoms with E-state index < -0.39 is 0 Å². The number of aromatic nitrogens is 2. The van der Waals surface area contributed by atoms with Crippen molar-refractivity contribution in [1.82, 2.24) is 9.97 Å². The molecule has 1 aliphatic heterocycles. The SMILES string of the molecule is Cc1cc(-c2ccc(C#N)cc2)cc(C)c1Oc1nc(Nc2ccc(C#N)cc2)nc2c1COC2. The summed E-state index contributed by atoms with van der Waals surface area (Å²) in [4.78, 5) is 9.23. The number of rotatable bonds is 5. The van der Waals surface area contributed by atoms with Gasteiger partial charge in [0.15, 0.2) is 0 Å². The fourth-order valence-electron chi connectivity index (χ4n) is 4.03. The molecule has 7 nitrogen and oxygen atoms in total. The predicted octanol–water partition coefficient (Wildman–Crippen LogP) is 6.07. The van der Waals surface area contributed by atoms with E-state index in [1.165, 1.54) is 0 Å². The van der Waals surface area contributed by atoms with Gasteiger partial charge in [0.2, 0.25) is 11.8 Å². The zero-order valence-electron chi connectivity index (χ0n) is 19.3. The highest BCUT2D eigenvalue weighted by Gasteiger charge is 2.23. The van der Waals surface area contributed by atoms with E-state index in [9.17, 15) is 0 Å². The Morgan fingerprint density at radius 3 is 2.09 bits per heavy atom. The van der Waals surface area contributed by atoms with Crippen molar-refractivity contribution in [2.75, 3.05) is 5.32 Å². The van der Waals surface area contributed by atoms with E-state index in [0.717, 1.165) is 44.9 Å². The van der Waals surface area contributed by atoms with Crippen LogP contribution in [0.5, 0.6) is 11.6 Å². The van der Waals surface area contributed by atoms with Gasteiger partial charge in [-0.15, -0.1) is 0 Å². The van der Waals surface area contributed by atoms with Crippen molar-refractivity contribution in [1.29, 1.82) is 10.5 Å². The molecule has 0 fully saturated rings. The highest BCUT2D eigenvalue weighted by atomic mass is 16.5. The second-order valence-electron chi connectivity index (χ2n) is 8.31. The smallest absolute Gasteiger partial charge is 0.230 e. The molecule has 0 unspecified atom stereocenters. The molecule has 170 valence electrons. The van der Waals surface area contributed by atoms with Gasteiger partial charge in [0.25, 0.3) is 0 Å². The summed E-state index contributed by atoms with van der Waals surface area (Å²) < 4.78 is 12.0. The fourth-order valence-corrected chi connectivity index (χ4v) is 4.03. The van der Waals surface area contributed by atoms with Crippen molar-refractivity contribution in [3.8, 4) is 34.9 Å². The van der Waals surface area contributed by atoms with Gasteiger partial charge in [-0.25, -0.2) is 4.98 Å². The predicted molar refractivity (Wildman–Crippen MR) is 131 cm³/mol. The number of aryl methyl sites for hydroxylation is 2. The van der Waals surface area contributed by atoms with Crippen molar-refractivity contribution in [3.63, 3.8) is 0 Å². The van der Waals surface area contributed by atoms with Gasteiger partial charge in [-0.2, -0.15) is 15.5 Å². The summed E-state index contributed by atoms with van der Waals surface area (Å²) >= 11 is 0. The van der Waals surface area contributed by atoms with Crippen molar-refractivity contribution >= 4 is 11.6 Å². The molecule has 1 N–H and O–H groups in total. The standard InChI is InChI=1S/C28H21N5O2/c1-17-11-22(21-7-3-19(13-29)4-8-21)12-18(2)26(17)35-27-24-15-34-16-25(24)32-28(33-27)31-23-9-5-20(14-30)6-10-23/h3-12H,15-16H2,1-2H3,(H,31,32,33). The molecule has 0 atom stereocenters. The summed E-state index contributed by atoms with van der Waals surface area (Å²) in [7, 11) is 0. The molecule has 1 aliphatic rings. The lowest BCUT2D eigenvalue weighted by Gasteiger charge is -2.16. The van der Waals surface area contributed by atoms with E-state index >= 15 is 0 Å². The van der Waals surface area contributed by atoms with Crippen LogP contribution in [0.4, 0.5) is 11.6 Å². The van der Waals surface area contributed by atoms with Gasteiger partial charge < -0.3 is 14.8 Å². The molecule has 4 aromatic rings. The molecule has 7 heteroatoms. The van der Waals surface area contributed by atoms with Crippen LogP contribution in [0.15, 0.2) is 60.7 Å². The largest absolute Gasteiger partial charge is 0.438 e. The molecule has 0 saturated heterocycles. The van der Waals surface area contributed by atoms with Crippen LogP contribution in [-0.4, -0.2) is 9.97 Å². The van der Waals surface area contributed by atoms with Crippen LogP contribution >= 0.6 is 0 Å². The summed E-state index contributed by atoms with van der Waals surface area (Å²) in [5, 5.41) is 21.3. The van der Waals surface area contributed by atoms with E-state index in [4.69, 9.17) is 20.0 Å². The molecule has 5 rings (SSSR count). The molecule has 1 aromatic heterocycles. The highest BCUT2D eigenvalue weighted by Crippen LogP contribution is 2.36. The quantitative estimate of drug-likeness (QED) is 0.386. The first kappa shape index (κ1) is 22.1. The molecular formula is C28H21N5O2. The minimum absolute atomic E-state index is 0.392. The Morgan fingerprint density at radius 1 is 0.829 bits per heavy atom. The average molecular weight is 460 g/mol. The summed E-state index contributed by atoms with van der Waals surface area (Å²) in [5.74, 6) is 1.60. The third kappa shape index (κ3) is 4.54. The number of anilines is 2. The second kappa shape index (κ2) is 9.26. The molecule has 0 spiro atoms. The minimum atomic E-state index is 0.392. The number of hydrogen-bond acceptors (Lipinski definition) is 7. The monoisotopic (exact) mass is 459 g/mol. The Labute approximate surface area is 203 Å². The lowest BCUT2D eigenvalue weighted by molar-refractivity contribution is 0.132. The normalized spacial score (nSPS) is 11.9. The molecular weight excluding hydrogens is 438 g/mol. The van der Waals surface area contributed by atoms with Gasteiger partial charge in [0.1, 0.15) is 5.75 Å². The average Bonchev–Trinajstić information content (AvgIpc) is 3.35. The summed E-state index contributed by atoms with van der Waals surface area (Å²) in [6.45, 7) is 4.79. The molecule has 0 radical (unpaired) electrons. The summed E-state index contributed by atoms with van der Waals surface area (Å²) in [5.41, 5.74) is 7.64. The first-order valence-corrected chi connectivity index (χ1v) is 11.1.